The number of benzene rings is 1. The highest BCUT2D eigenvalue weighted by atomic mass is 19.1. The Hall–Kier alpha value is -3.68. The van der Waals surface area contributed by atoms with E-state index in [0.29, 0.717) is 46.9 Å². The summed E-state index contributed by atoms with van der Waals surface area (Å²) in [6, 6.07) is 6.22. The SMILES string of the molecule is CCN=C1/C(=C(/C)N)C/C(C=NC)=C(/N)c2ccc(F)cc2[C@@H](C)Oc2cc1cnc2N. The minimum atomic E-state index is -0.546. The third-order valence-electron chi connectivity index (χ3n) is 5.28. The van der Waals surface area contributed by atoms with Crippen molar-refractivity contribution in [3.63, 3.8) is 0 Å². The highest BCUT2D eigenvalue weighted by molar-refractivity contribution is 6.14. The number of nitrogen functional groups attached to an aromatic ring is 1. The number of rotatable bonds is 2. The van der Waals surface area contributed by atoms with Gasteiger partial charge >= 0.3 is 0 Å². The fraction of sp³-hybridized carbons (Fsp3) is 0.292. The van der Waals surface area contributed by atoms with E-state index in [0.717, 1.165) is 16.7 Å². The van der Waals surface area contributed by atoms with E-state index < -0.39 is 6.10 Å². The van der Waals surface area contributed by atoms with E-state index in [2.05, 4.69) is 9.98 Å². The van der Waals surface area contributed by atoms with E-state index in [1.54, 1.807) is 31.6 Å². The van der Waals surface area contributed by atoms with E-state index in [4.69, 9.17) is 26.9 Å². The van der Waals surface area contributed by atoms with Crippen molar-refractivity contribution in [2.24, 2.45) is 21.5 Å². The minimum Gasteiger partial charge on any atom is -0.482 e. The summed E-state index contributed by atoms with van der Waals surface area (Å²) in [5, 5.41) is 0. The second kappa shape index (κ2) is 9.64. The lowest BCUT2D eigenvalue weighted by Gasteiger charge is -2.23. The highest BCUT2D eigenvalue weighted by Crippen LogP contribution is 2.34. The molecule has 168 valence electrons. The van der Waals surface area contributed by atoms with Gasteiger partial charge in [-0.3, -0.25) is 9.98 Å². The summed E-state index contributed by atoms with van der Waals surface area (Å²) in [6.07, 6.45) is 3.18. The second-order valence-corrected chi connectivity index (χ2v) is 7.59. The van der Waals surface area contributed by atoms with Crippen LogP contribution in [0.25, 0.3) is 5.70 Å². The molecule has 3 rings (SSSR count). The van der Waals surface area contributed by atoms with Crippen LogP contribution in [0.4, 0.5) is 10.2 Å². The number of halogens is 1. The molecular formula is C24H29FN6O. The van der Waals surface area contributed by atoms with Crippen LogP contribution in [0.1, 0.15) is 50.0 Å². The zero-order chi connectivity index (χ0) is 23.4. The molecule has 1 atom stereocenters. The van der Waals surface area contributed by atoms with Gasteiger partial charge in [-0.1, -0.05) is 0 Å². The minimum absolute atomic E-state index is 0.226. The van der Waals surface area contributed by atoms with Crippen LogP contribution in [0.15, 0.2) is 57.3 Å². The van der Waals surface area contributed by atoms with E-state index in [1.807, 2.05) is 20.8 Å². The van der Waals surface area contributed by atoms with Crippen LogP contribution in [0.3, 0.4) is 0 Å². The lowest BCUT2D eigenvalue weighted by molar-refractivity contribution is 0.226. The summed E-state index contributed by atoms with van der Waals surface area (Å²) in [4.78, 5) is 13.2. The Balaban J connectivity index is 2.39. The molecule has 1 aromatic carbocycles. The average Bonchev–Trinajstić information content (AvgIpc) is 2.75. The maximum Gasteiger partial charge on any atom is 0.166 e. The standard InChI is InChI=1S/C24H29FN6O/c1-5-30-23-16-9-21(24(28)31-12-16)32-14(3)20-10-17(25)6-7-18(20)22(27)15(11-29-4)8-19(23)13(2)26/h6-7,9-12,14H,5,8,26-27H2,1-4H3,(H2,28,31)/b19-13-,22-15-,29-11?,30-23?/t14-/m1/s1. The Labute approximate surface area is 187 Å². The monoisotopic (exact) mass is 436 g/mol. The van der Waals surface area contributed by atoms with Crippen molar-refractivity contribution in [2.75, 3.05) is 19.3 Å². The molecule has 2 heterocycles. The van der Waals surface area contributed by atoms with Crippen molar-refractivity contribution in [3.05, 3.63) is 69.8 Å². The van der Waals surface area contributed by atoms with Gasteiger partial charge in [-0.2, -0.15) is 0 Å². The topological polar surface area (TPSA) is 125 Å². The quantitative estimate of drug-likeness (QED) is 0.618. The third kappa shape index (κ3) is 4.64. The van der Waals surface area contributed by atoms with Crippen LogP contribution >= 0.6 is 0 Å². The molecular weight excluding hydrogens is 407 g/mol. The predicted molar refractivity (Wildman–Crippen MR) is 128 cm³/mol. The van der Waals surface area contributed by atoms with E-state index >= 15 is 0 Å². The van der Waals surface area contributed by atoms with Gasteiger partial charge in [0, 0.05) is 66.1 Å². The summed E-state index contributed by atoms with van der Waals surface area (Å²) < 4.78 is 20.3. The molecule has 0 fully saturated rings. The summed E-state index contributed by atoms with van der Waals surface area (Å²) in [7, 11) is 1.67. The maximum absolute atomic E-state index is 14.2. The number of hydrogen-bond donors (Lipinski definition) is 3. The molecule has 32 heavy (non-hydrogen) atoms. The maximum atomic E-state index is 14.2. The van der Waals surface area contributed by atoms with Crippen LogP contribution in [-0.2, 0) is 0 Å². The Morgan fingerprint density at radius 1 is 1.31 bits per heavy atom. The Morgan fingerprint density at radius 3 is 2.72 bits per heavy atom. The molecule has 0 radical (unpaired) electrons. The first-order valence-electron chi connectivity index (χ1n) is 10.4. The van der Waals surface area contributed by atoms with Crippen molar-refractivity contribution < 1.29 is 9.13 Å². The molecule has 1 aliphatic rings. The Bertz CT molecular complexity index is 1150. The lowest BCUT2D eigenvalue weighted by Crippen LogP contribution is -2.18. The van der Waals surface area contributed by atoms with Crippen molar-refractivity contribution in [3.8, 4) is 5.75 Å². The third-order valence-corrected chi connectivity index (χ3v) is 5.28. The first-order chi connectivity index (χ1) is 15.3. The van der Waals surface area contributed by atoms with Crippen LogP contribution in [-0.4, -0.2) is 30.5 Å². The van der Waals surface area contributed by atoms with Gasteiger partial charge in [0.15, 0.2) is 11.6 Å². The molecule has 1 aliphatic heterocycles. The van der Waals surface area contributed by atoms with Gasteiger partial charge in [-0.15, -0.1) is 0 Å². The molecule has 0 spiro atoms. The van der Waals surface area contributed by atoms with Crippen molar-refractivity contribution in [1.82, 2.24) is 4.98 Å². The molecule has 2 bridgehead atoms. The number of allylic oxidation sites excluding steroid dienone is 3. The molecule has 2 aromatic rings. The van der Waals surface area contributed by atoms with Crippen LogP contribution in [0.5, 0.6) is 5.75 Å². The van der Waals surface area contributed by atoms with Gasteiger partial charge in [-0.25, -0.2) is 9.37 Å². The molecule has 0 amide bonds. The van der Waals surface area contributed by atoms with Gasteiger partial charge < -0.3 is 21.9 Å². The molecule has 0 saturated heterocycles. The van der Waals surface area contributed by atoms with E-state index in [-0.39, 0.29) is 11.6 Å². The predicted octanol–water partition coefficient (Wildman–Crippen LogP) is 3.76. The molecule has 0 aliphatic carbocycles. The van der Waals surface area contributed by atoms with Crippen LogP contribution in [0.2, 0.25) is 0 Å². The van der Waals surface area contributed by atoms with Crippen molar-refractivity contribution >= 4 is 23.4 Å². The fourth-order valence-electron chi connectivity index (χ4n) is 3.71. The Morgan fingerprint density at radius 2 is 2.06 bits per heavy atom. The number of fused-ring (bicyclic) bond motifs is 3. The lowest BCUT2D eigenvalue weighted by atomic mass is 9.91. The van der Waals surface area contributed by atoms with Gasteiger partial charge in [0.2, 0.25) is 0 Å². The molecule has 0 unspecified atom stereocenters. The highest BCUT2D eigenvalue weighted by Gasteiger charge is 2.23. The van der Waals surface area contributed by atoms with Gasteiger partial charge in [0.25, 0.3) is 0 Å². The van der Waals surface area contributed by atoms with Gasteiger partial charge in [0.05, 0.1) is 5.71 Å². The van der Waals surface area contributed by atoms with Crippen molar-refractivity contribution in [1.29, 1.82) is 0 Å². The molecule has 8 heteroatoms. The van der Waals surface area contributed by atoms with E-state index in [1.165, 1.54) is 12.1 Å². The number of aromatic nitrogens is 1. The zero-order valence-corrected chi connectivity index (χ0v) is 18.8. The first kappa shape index (κ1) is 23.0. The van der Waals surface area contributed by atoms with E-state index in [9.17, 15) is 4.39 Å². The molecule has 1 aromatic heterocycles. The van der Waals surface area contributed by atoms with Gasteiger partial charge in [-0.05, 0) is 50.6 Å². The van der Waals surface area contributed by atoms with Crippen LogP contribution in [0, 0.1) is 5.82 Å². The molecule has 0 saturated carbocycles. The second-order valence-electron chi connectivity index (χ2n) is 7.59. The summed E-state index contributed by atoms with van der Waals surface area (Å²) >= 11 is 0. The smallest absolute Gasteiger partial charge is 0.166 e. The number of aliphatic imine (C=N–C) groups is 2. The molecule has 6 N–H and O–H groups in total. The number of nitrogens with two attached hydrogens (primary N) is 3. The average molecular weight is 437 g/mol. The largest absolute Gasteiger partial charge is 0.482 e. The normalized spacial score (nSPS) is 22.2. The zero-order valence-electron chi connectivity index (χ0n) is 18.8. The number of anilines is 1. The number of ether oxygens (including phenoxy) is 1. The summed E-state index contributed by atoms with van der Waals surface area (Å²) in [6.45, 7) is 6.12. The number of nitrogens with zero attached hydrogens (tertiary/aromatic N) is 3. The summed E-state index contributed by atoms with van der Waals surface area (Å²) in [5.74, 6) is 0.214. The number of hydrogen-bond acceptors (Lipinski definition) is 7. The van der Waals surface area contributed by atoms with Crippen molar-refractivity contribution in [2.45, 2.75) is 33.3 Å². The Kier molecular flexibility index (Phi) is 6.92. The van der Waals surface area contributed by atoms with Crippen LogP contribution < -0.4 is 21.9 Å². The summed E-state index contributed by atoms with van der Waals surface area (Å²) in [5.41, 5.74) is 24.3. The molecule has 7 nitrogen and oxygen atoms in total. The number of pyridine rings is 1. The first-order valence-corrected chi connectivity index (χ1v) is 10.4. The fourth-order valence-corrected chi connectivity index (χ4v) is 3.71. The van der Waals surface area contributed by atoms with Gasteiger partial charge in [0.1, 0.15) is 11.9 Å².